The van der Waals surface area contributed by atoms with E-state index in [0.717, 1.165) is 23.8 Å². The number of aromatic nitrogens is 1. The van der Waals surface area contributed by atoms with Crippen molar-refractivity contribution in [2.45, 2.75) is 19.4 Å². The van der Waals surface area contributed by atoms with Gasteiger partial charge in [-0.1, -0.05) is 0 Å². The van der Waals surface area contributed by atoms with E-state index in [1.165, 1.54) is 4.90 Å². The molecule has 1 aromatic heterocycles. The molecule has 2 aromatic rings. The van der Waals surface area contributed by atoms with Gasteiger partial charge in [0.25, 0.3) is 5.91 Å². The number of nitrogens with one attached hydrogen (secondary N) is 1. The van der Waals surface area contributed by atoms with Gasteiger partial charge in [-0.2, -0.15) is 0 Å². The molecule has 0 aliphatic carbocycles. The van der Waals surface area contributed by atoms with Gasteiger partial charge in [0, 0.05) is 62.3 Å². The highest BCUT2D eigenvalue weighted by Crippen LogP contribution is 2.44. The van der Waals surface area contributed by atoms with Crippen LogP contribution >= 0.6 is 0 Å². The van der Waals surface area contributed by atoms with E-state index < -0.39 is 28.9 Å². The van der Waals surface area contributed by atoms with Crippen molar-refractivity contribution in [3.8, 4) is 0 Å². The summed E-state index contributed by atoms with van der Waals surface area (Å²) in [7, 11) is 0. The highest BCUT2D eigenvalue weighted by Gasteiger charge is 2.51. The first-order valence-electron chi connectivity index (χ1n) is 9.97. The molecule has 3 heterocycles. The van der Waals surface area contributed by atoms with Crippen LogP contribution in [0, 0.1) is 23.0 Å². The SMILES string of the molecule is O=C(NCc1ccncc1)C1CN(C(=O)c2cc(F)cc(F)c2)CC12CCOCC2. The first kappa shape index (κ1) is 20.4. The van der Waals surface area contributed by atoms with Crippen LogP contribution in [0.25, 0.3) is 0 Å². The third kappa shape index (κ3) is 4.18. The topological polar surface area (TPSA) is 71.5 Å². The molecule has 1 unspecified atom stereocenters. The molecule has 4 rings (SSSR count). The van der Waals surface area contributed by atoms with Gasteiger partial charge in [-0.05, 0) is 42.7 Å². The molecule has 1 atom stereocenters. The van der Waals surface area contributed by atoms with Gasteiger partial charge in [-0.15, -0.1) is 0 Å². The number of nitrogens with zero attached hydrogens (tertiary/aromatic N) is 2. The monoisotopic (exact) mass is 415 g/mol. The van der Waals surface area contributed by atoms with E-state index in [-0.39, 0.29) is 18.0 Å². The lowest BCUT2D eigenvalue weighted by Crippen LogP contribution is -2.44. The van der Waals surface area contributed by atoms with Gasteiger partial charge in [-0.25, -0.2) is 8.78 Å². The Kier molecular flexibility index (Phi) is 5.76. The van der Waals surface area contributed by atoms with Crippen molar-refractivity contribution >= 4 is 11.8 Å². The Morgan fingerprint density at radius 1 is 1.13 bits per heavy atom. The Morgan fingerprint density at radius 3 is 2.47 bits per heavy atom. The zero-order valence-electron chi connectivity index (χ0n) is 16.4. The fourth-order valence-corrected chi connectivity index (χ4v) is 4.44. The Balaban J connectivity index is 1.52. The fourth-order valence-electron chi connectivity index (χ4n) is 4.44. The van der Waals surface area contributed by atoms with Crippen molar-refractivity contribution in [2.24, 2.45) is 11.3 Å². The molecule has 1 aromatic carbocycles. The van der Waals surface area contributed by atoms with Crippen LogP contribution in [-0.2, 0) is 16.1 Å². The van der Waals surface area contributed by atoms with E-state index >= 15 is 0 Å². The number of likely N-dealkylation sites (tertiary alicyclic amines) is 1. The summed E-state index contributed by atoms with van der Waals surface area (Å²) in [4.78, 5) is 31.5. The van der Waals surface area contributed by atoms with Gasteiger partial charge in [0.15, 0.2) is 0 Å². The zero-order chi connectivity index (χ0) is 21.1. The van der Waals surface area contributed by atoms with Gasteiger partial charge in [0.1, 0.15) is 11.6 Å². The summed E-state index contributed by atoms with van der Waals surface area (Å²) in [6.07, 6.45) is 4.63. The minimum absolute atomic E-state index is 0.0486. The van der Waals surface area contributed by atoms with Crippen molar-refractivity contribution in [3.63, 3.8) is 0 Å². The van der Waals surface area contributed by atoms with Crippen molar-refractivity contribution in [1.82, 2.24) is 15.2 Å². The second kappa shape index (κ2) is 8.47. The largest absolute Gasteiger partial charge is 0.381 e. The van der Waals surface area contributed by atoms with Crippen LogP contribution in [0.15, 0.2) is 42.7 Å². The Morgan fingerprint density at radius 2 is 1.80 bits per heavy atom. The van der Waals surface area contributed by atoms with Crippen LogP contribution < -0.4 is 5.32 Å². The van der Waals surface area contributed by atoms with E-state index in [4.69, 9.17) is 4.74 Å². The van der Waals surface area contributed by atoms with Crippen LogP contribution in [0.4, 0.5) is 8.78 Å². The number of ether oxygens (including phenoxy) is 1. The minimum Gasteiger partial charge on any atom is -0.381 e. The number of benzene rings is 1. The van der Waals surface area contributed by atoms with Gasteiger partial charge >= 0.3 is 0 Å². The molecular weight excluding hydrogens is 392 g/mol. The van der Waals surface area contributed by atoms with Crippen LogP contribution in [0.1, 0.15) is 28.8 Å². The second-order valence-corrected chi connectivity index (χ2v) is 7.94. The van der Waals surface area contributed by atoms with Crippen LogP contribution in [0.3, 0.4) is 0 Å². The van der Waals surface area contributed by atoms with Crippen molar-refractivity contribution in [2.75, 3.05) is 26.3 Å². The number of rotatable bonds is 4. The van der Waals surface area contributed by atoms with Crippen molar-refractivity contribution in [1.29, 1.82) is 0 Å². The maximum atomic E-state index is 13.6. The van der Waals surface area contributed by atoms with Gasteiger partial charge in [0.2, 0.25) is 5.91 Å². The summed E-state index contributed by atoms with van der Waals surface area (Å²) in [6.45, 7) is 1.98. The lowest BCUT2D eigenvalue weighted by molar-refractivity contribution is -0.130. The maximum Gasteiger partial charge on any atom is 0.254 e. The molecule has 2 aliphatic rings. The van der Waals surface area contributed by atoms with Gasteiger partial charge in [-0.3, -0.25) is 14.6 Å². The van der Waals surface area contributed by atoms with E-state index in [0.29, 0.717) is 39.1 Å². The molecule has 0 saturated carbocycles. The number of hydrogen-bond acceptors (Lipinski definition) is 4. The lowest BCUT2D eigenvalue weighted by atomic mass is 9.71. The summed E-state index contributed by atoms with van der Waals surface area (Å²) in [6, 6.07) is 6.44. The maximum absolute atomic E-state index is 13.6. The van der Waals surface area contributed by atoms with Crippen LogP contribution in [0.5, 0.6) is 0 Å². The average molecular weight is 415 g/mol. The number of carbonyl (C=O) groups excluding carboxylic acids is 2. The predicted octanol–water partition coefficient (Wildman–Crippen LogP) is 2.55. The standard InChI is InChI=1S/C22H23F2N3O3/c23-17-9-16(10-18(24)11-17)21(29)27-13-19(22(14-27)3-7-30-8-4-22)20(28)26-12-15-1-5-25-6-2-15/h1-2,5-6,9-11,19H,3-4,7-8,12-14H2,(H,26,28). The molecule has 0 bridgehead atoms. The molecule has 6 nitrogen and oxygen atoms in total. The van der Waals surface area contributed by atoms with Gasteiger partial charge in [0.05, 0.1) is 5.92 Å². The van der Waals surface area contributed by atoms with E-state index in [1.54, 1.807) is 12.4 Å². The molecule has 2 saturated heterocycles. The first-order valence-corrected chi connectivity index (χ1v) is 9.97. The Hall–Kier alpha value is -2.87. The molecule has 8 heteroatoms. The number of carbonyl (C=O) groups is 2. The zero-order valence-corrected chi connectivity index (χ0v) is 16.4. The number of amides is 2. The molecule has 1 N–H and O–H groups in total. The summed E-state index contributed by atoms with van der Waals surface area (Å²) < 4.78 is 32.7. The van der Waals surface area contributed by atoms with Gasteiger partial charge < -0.3 is 15.0 Å². The molecule has 30 heavy (non-hydrogen) atoms. The number of pyridine rings is 1. The number of halogens is 2. The van der Waals surface area contributed by atoms with Crippen molar-refractivity contribution < 1.29 is 23.1 Å². The van der Waals surface area contributed by atoms with E-state index in [2.05, 4.69) is 10.3 Å². The van der Waals surface area contributed by atoms with Crippen LogP contribution in [-0.4, -0.2) is 48.0 Å². The lowest BCUT2D eigenvalue weighted by Gasteiger charge is -2.37. The third-order valence-electron chi connectivity index (χ3n) is 6.07. The first-order chi connectivity index (χ1) is 14.5. The third-order valence-corrected chi connectivity index (χ3v) is 6.07. The highest BCUT2D eigenvalue weighted by molar-refractivity contribution is 5.95. The Bertz CT molecular complexity index is 912. The van der Waals surface area contributed by atoms with E-state index in [1.807, 2.05) is 12.1 Å². The molecule has 1 spiro atoms. The molecular formula is C22H23F2N3O3. The molecule has 0 radical (unpaired) electrons. The summed E-state index contributed by atoms with van der Waals surface area (Å²) in [5.74, 6) is -2.61. The highest BCUT2D eigenvalue weighted by atomic mass is 19.1. The van der Waals surface area contributed by atoms with Crippen molar-refractivity contribution in [3.05, 3.63) is 65.5 Å². The van der Waals surface area contributed by atoms with E-state index in [9.17, 15) is 18.4 Å². The normalized spacial score (nSPS) is 20.3. The second-order valence-electron chi connectivity index (χ2n) is 7.94. The Labute approximate surface area is 173 Å². The summed E-state index contributed by atoms with van der Waals surface area (Å²) >= 11 is 0. The average Bonchev–Trinajstić information content (AvgIpc) is 3.10. The predicted molar refractivity (Wildman–Crippen MR) is 104 cm³/mol. The fraction of sp³-hybridized carbons (Fsp3) is 0.409. The molecule has 2 aliphatic heterocycles. The number of hydrogen-bond donors (Lipinski definition) is 1. The quantitative estimate of drug-likeness (QED) is 0.833. The molecule has 158 valence electrons. The molecule has 2 fully saturated rings. The van der Waals surface area contributed by atoms with Crippen LogP contribution in [0.2, 0.25) is 0 Å². The molecule has 2 amide bonds. The summed E-state index contributed by atoms with van der Waals surface area (Å²) in [5.41, 5.74) is 0.482. The smallest absolute Gasteiger partial charge is 0.254 e. The minimum atomic E-state index is -0.801. The summed E-state index contributed by atoms with van der Waals surface area (Å²) in [5, 5.41) is 2.96.